The van der Waals surface area contributed by atoms with Crippen LogP contribution in [0.1, 0.15) is 48.4 Å². The van der Waals surface area contributed by atoms with Crippen LogP contribution in [0.15, 0.2) is 388 Å². The number of carbonyl (C=O) groups excluding carboxylic acids is 2. The quantitative estimate of drug-likeness (QED) is 0.105. The van der Waals surface area contributed by atoms with E-state index in [0.29, 0.717) is 21.4 Å². The molecule has 6 heterocycles. The number of thiophene rings is 5. The van der Waals surface area contributed by atoms with Crippen molar-refractivity contribution in [2.75, 3.05) is 0 Å². The smallest absolute Gasteiger partial charge is 0.423 e. The summed E-state index contributed by atoms with van der Waals surface area (Å²) in [6, 6.07) is 118. The van der Waals surface area contributed by atoms with Crippen molar-refractivity contribution in [3.8, 4) is 62.6 Å². The molecule has 21 rings (SSSR count). The number of allylic oxidation sites excluding steroid dienone is 4. The van der Waals surface area contributed by atoms with Gasteiger partial charge in [0.15, 0.2) is 11.6 Å². The van der Waals surface area contributed by atoms with Gasteiger partial charge in [-0.3, -0.25) is 9.59 Å². The Labute approximate surface area is 750 Å². The van der Waals surface area contributed by atoms with E-state index in [-0.39, 0.29) is 41.7 Å². The summed E-state index contributed by atoms with van der Waals surface area (Å²) in [5.74, 6) is -0.611. The summed E-state index contributed by atoms with van der Waals surface area (Å²) in [6.07, 6.45) is 5.46. The topological polar surface area (TPSA) is 134 Å². The van der Waals surface area contributed by atoms with Crippen molar-refractivity contribution in [3.63, 3.8) is 0 Å². The highest BCUT2D eigenvalue weighted by Gasteiger charge is 2.52. The highest BCUT2D eigenvalue weighted by Crippen LogP contribution is 2.42. The zero-order chi connectivity index (χ0) is 84.2. The van der Waals surface area contributed by atoms with E-state index in [9.17, 15) is 9.59 Å². The summed E-state index contributed by atoms with van der Waals surface area (Å²) in [5.41, 5.74) is 9.42. The molecule has 2 atom stereocenters. The molecule has 596 valence electrons. The number of hydrogen-bond donors (Lipinski definition) is 4. The highest BCUT2D eigenvalue weighted by atomic mass is 79.9. The predicted octanol–water partition coefficient (Wildman–Crippen LogP) is 26.5. The molecule has 5 aromatic heterocycles. The number of hydrogen-bond acceptors (Lipinski definition) is 13. The van der Waals surface area contributed by atoms with Crippen molar-refractivity contribution < 1.29 is 39.0 Å². The zero-order valence-electron chi connectivity index (χ0n) is 66.3. The first-order chi connectivity index (χ1) is 58.6. The molecule has 8 nitrogen and oxygen atoms in total. The van der Waals surface area contributed by atoms with Crippen LogP contribution in [0.3, 0.4) is 0 Å². The summed E-state index contributed by atoms with van der Waals surface area (Å²) in [4.78, 5) is 32.0. The van der Waals surface area contributed by atoms with Gasteiger partial charge in [-0.25, -0.2) is 0 Å². The normalized spacial score (nSPS) is 14.5. The van der Waals surface area contributed by atoms with Gasteiger partial charge in [-0.1, -0.05) is 317 Å². The van der Waals surface area contributed by atoms with Crippen LogP contribution in [0, 0.1) is 11.8 Å². The monoisotopic (exact) mass is 1860 g/mol. The van der Waals surface area contributed by atoms with E-state index in [0.717, 1.165) is 35.6 Å². The van der Waals surface area contributed by atoms with Gasteiger partial charge in [-0.05, 0) is 231 Å². The third-order valence-electron chi connectivity index (χ3n) is 21.4. The fraction of sp³-hybridized carbons (Fsp3) is 0.0784. The molecular formula is C102H80B3Br3O8S5. The van der Waals surface area contributed by atoms with E-state index in [1.807, 2.05) is 107 Å². The largest absolute Gasteiger partial charge is 0.499 e. The maximum atomic E-state index is 12.3. The van der Waals surface area contributed by atoms with Crippen molar-refractivity contribution in [1.82, 2.24) is 0 Å². The Balaban J connectivity index is 0.000000114. The number of halogens is 3. The Kier molecular flexibility index (Phi) is 27.9. The Morgan fingerprint density at radius 2 is 0.727 bits per heavy atom. The van der Waals surface area contributed by atoms with Gasteiger partial charge >= 0.3 is 21.4 Å². The van der Waals surface area contributed by atoms with E-state index in [1.54, 1.807) is 65.1 Å². The van der Waals surface area contributed by atoms with Gasteiger partial charge in [0, 0.05) is 54.1 Å². The molecule has 2 aliphatic carbocycles. The minimum absolute atomic E-state index is 0.0338. The standard InChI is InChI=1S/C26H25BO2S.C20H13BrS.C14H11BO2S.C14H9BrO2.C14H10S.C10H9BO2.C4H3BrS/c1-25(2)26(3,4)29-27(28-25)22-11-7-10-20(17-22)23-14-15-24(30-23)21-13-12-18-8-5-6-9-19(18)16-21;21-18-7-3-6-16(13-18)19-10-11-20(22-19)17-9-8-14-4-1-2-5-15(14)12-17;16-15(17)14-8-7-13(18-14)12-6-5-10-3-1-2-4-11(10)9-12;15-8-5-6-11-12(7-8)14(17)10-4-2-1-3-9(10)13(11)16;1-2-5-12-10-13(8-7-11(12)4-1)14-6-3-9-15-14;12-11(13)10-6-5-8-3-1-2-4-9(8)7-10;5-4-2-1-3-6-4/h5-17H,1-4H3;1-13H;1-9,16-17H;1-7,11-12H;1-10H;1-7,12-13H;1-3H. The molecule has 1 saturated heterocycles. The van der Waals surface area contributed by atoms with Crippen molar-refractivity contribution in [1.29, 1.82) is 0 Å². The van der Waals surface area contributed by atoms with Crippen molar-refractivity contribution in [3.05, 3.63) is 399 Å². The van der Waals surface area contributed by atoms with Gasteiger partial charge in [0.2, 0.25) is 0 Å². The second kappa shape index (κ2) is 39.4. The molecule has 0 amide bonds. The van der Waals surface area contributed by atoms with Gasteiger partial charge in [0.25, 0.3) is 0 Å². The predicted molar refractivity (Wildman–Crippen MR) is 527 cm³/mol. The Hall–Kier alpha value is -10.1. The van der Waals surface area contributed by atoms with Gasteiger partial charge in [0.05, 0.1) is 26.8 Å². The SMILES string of the molecule is Brc1cccc(-c2ccc(-c3ccc4ccccc4c3)s2)c1.Brc1cccs1.CC1(C)OB(c2cccc(-c3ccc(-c4ccc5ccccc5c4)s3)c2)OC1(C)C.O=C1c2ccccc2C(=O)C2C=C(Br)C=CC12.OB(O)c1ccc(-c2ccc3ccccc3c2)s1.OB(O)c1ccc2ccccc2c1.c1csc(-c2ccc3ccccc3c2)c1. The van der Waals surface area contributed by atoms with Crippen molar-refractivity contribution in [2.45, 2.75) is 38.9 Å². The van der Waals surface area contributed by atoms with Crippen LogP contribution in [0.25, 0.3) is 117 Å². The third-order valence-corrected chi connectivity index (χ3v) is 28.3. The minimum Gasteiger partial charge on any atom is -0.423 e. The molecule has 0 spiro atoms. The highest BCUT2D eigenvalue weighted by molar-refractivity contribution is 9.12. The number of fused-ring (bicyclic) bond motifs is 7. The first kappa shape index (κ1) is 85.8. The molecule has 0 bridgehead atoms. The lowest BCUT2D eigenvalue weighted by atomic mass is 9.72. The lowest BCUT2D eigenvalue weighted by molar-refractivity contribution is 0.00578. The number of rotatable bonds is 9. The fourth-order valence-corrected chi connectivity index (χ4v) is 19.6. The zero-order valence-corrected chi connectivity index (χ0v) is 75.1. The first-order valence-electron chi connectivity index (χ1n) is 39.3. The summed E-state index contributed by atoms with van der Waals surface area (Å²) in [5, 5.41) is 52.5. The van der Waals surface area contributed by atoms with Crippen molar-refractivity contribution in [2.24, 2.45) is 11.8 Å². The number of ketones is 2. The van der Waals surface area contributed by atoms with E-state index < -0.39 is 14.2 Å². The summed E-state index contributed by atoms with van der Waals surface area (Å²) in [7, 11) is -3.11. The molecule has 4 N–H and O–H groups in total. The van der Waals surface area contributed by atoms with Crippen LogP contribution in [0.4, 0.5) is 0 Å². The van der Waals surface area contributed by atoms with Crippen LogP contribution in [0.2, 0.25) is 0 Å². The van der Waals surface area contributed by atoms with Crippen LogP contribution < -0.4 is 15.7 Å². The lowest BCUT2D eigenvalue weighted by Gasteiger charge is -2.32. The fourth-order valence-electron chi connectivity index (χ4n) is 14.2. The number of Topliss-reactive ketones (excluding diaryl/α,β-unsaturated/α-hetero) is 2. The van der Waals surface area contributed by atoms with Crippen molar-refractivity contribution >= 4 is 207 Å². The molecule has 1 fully saturated rings. The third kappa shape index (κ3) is 21.1. The van der Waals surface area contributed by atoms with Gasteiger partial charge in [-0.15, -0.1) is 56.7 Å². The Morgan fingerprint density at radius 1 is 0.339 bits per heavy atom. The van der Waals surface area contributed by atoms with E-state index in [2.05, 4.69) is 324 Å². The minimum atomic E-state index is -1.38. The van der Waals surface area contributed by atoms with E-state index in [1.165, 1.54) is 110 Å². The molecule has 1 aliphatic heterocycles. The van der Waals surface area contributed by atoms with Crippen LogP contribution >= 0.6 is 104 Å². The molecule has 13 aromatic carbocycles. The van der Waals surface area contributed by atoms with Gasteiger partial charge in [0.1, 0.15) is 0 Å². The second-order valence-corrected chi connectivity index (χ2v) is 38.4. The van der Waals surface area contributed by atoms with Crippen LogP contribution in [0.5, 0.6) is 0 Å². The Bertz CT molecular complexity index is 6720. The molecular weight excluding hydrogens is 1790 g/mol. The molecule has 18 aromatic rings. The summed E-state index contributed by atoms with van der Waals surface area (Å²) in [6.45, 7) is 8.36. The first-order valence-corrected chi connectivity index (χ1v) is 45.9. The Morgan fingerprint density at radius 3 is 1.14 bits per heavy atom. The van der Waals surface area contributed by atoms with Crippen LogP contribution in [-0.2, 0) is 9.31 Å². The van der Waals surface area contributed by atoms with E-state index >= 15 is 0 Å². The van der Waals surface area contributed by atoms with E-state index in [4.69, 9.17) is 29.4 Å². The molecule has 3 aliphatic rings. The maximum absolute atomic E-state index is 12.3. The van der Waals surface area contributed by atoms with Gasteiger partial charge in [-0.2, -0.15) is 0 Å². The second-order valence-electron chi connectivity index (χ2n) is 30.0. The number of benzene rings is 13. The average molecular weight is 1870 g/mol. The summed E-state index contributed by atoms with van der Waals surface area (Å²) < 4.78 is 16.2. The van der Waals surface area contributed by atoms with Crippen LogP contribution in [-0.4, -0.2) is 64.2 Å². The molecule has 2 unspecified atom stereocenters. The summed E-state index contributed by atoms with van der Waals surface area (Å²) >= 11 is 18.7. The number of carbonyl (C=O) groups is 2. The average Bonchev–Trinajstić information content (AvgIpc) is 1.56. The molecule has 0 saturated carbocycles. The molecule has 0 radical (unpaired) electrons. The molecule has 19 heteroatoms. The maximum Gasteiger partial charge on any atom is 0.499 e. The molecule has 121 heavy (non-hydrogen) atoms. The van der Waals surface area contributed by atoms with Gasteiger partial charge < -0.3 is 29.4 Å². The lowest BCUT2D eigenvalue weighted by Crippen LogP contribution is -2.41.